The maximum atomic E-state index is 12.8. The van der Waals surface area contributed by atoms with Gasteiger partial charge in [-0.25, -0.2) is 0 Å². The number of amides is 2. The zero-order valence-corrected chi connectivity index (χ0v) is 17.7. The first-order chi connectivity index (χ1) is 13.5. The Bertz CT molecular complexity index is 872. The van der Waals surface area contributed by atoms with Crippen molar-refractivity contribution < 1.29 is 9.59 Å². The summed E-state index contributed by atoms with van der Waals surface area (Å²) in [5, 5.41) is 8.12. The van der Waals surface area contributed by atoms with Crippen molar-refractivity contribution in [2.45, 2.75) is 48.6 Å². The Morgan fingerprint density at radius 3 is 2.68 bits per heavy atom. The van der Waals surface area contributed by atoms with Crippen molar-refractivity contribution in [3.8, 4) is 0 Å². The lowest BCUT2D eigenvalue weighted by atomic mass is 9.79. The number of hydrogen-bond acceptors (Lipinski definition) is 5. The van der Waals surface area contributed by atoms with Crippen LogP contribution < -0.4 is 10.6 Å². The van der Waals surface area contributed by atoms with Gasteiger partial charge in [0.25, 0.3) is 5.91 Å². The number of piperidine rings is 3. The van der Waals surface area contributed by atoms with Crippen molar-refractivity contribution in [2.75, 3.05) is 18.4 Å². The van der Waals surface area contributed by atoms with Gasteiger partial charge in [-0.3, -0.25) is 14.5 Å². The molecule has 0 aliphatic carbocycles. The molecule has 5 rings (SSSR count). The quantitative estimate of drug-likeness (QED) is 0.773. The summed E-state index contributed by atoms with van der Waals surface area (Å²) in [5.41, 5.74) is 0.780. The van der Waals surface area contributed by atoms with E-state index in [0.29, 0.717) is 12.0 Å². The van der Waals surface area contributed by atoms with E-state index in [1.54, 1.807) is 11.8 Å². The summed E-state index contributed by atoms with van der Waals surface area (Å²) in [5.74, 6) is 0.558. The molecule has 2 amide bonds. The lowest BCUT2D eigenvalue weighted by Gasteiger charge is -2.49. The third-order valence-electron chi connectivity index (χ3n) is 5.66. The number of anilines is 1. The standard InChI is InChI=1S/C21H25N3O2S2/c1-13-20(15-6-8-24(13)9-7-15)23-21(26)19-11-18(12-27-19)28-17-5-3-4-16(10-17)22-14(2)25/h3-5,10-13,15,20H,6-9H2,1-2H3,(H,22,25)(H,23,26)/t13-,20+/m1/s1. The highest BCUT2D eigenvalue weighted by Gasteiger charge is 2.40. The van der Waals surface area contributed by atoms with Gasteiger partial charge < -0.3 is 10.6 Å². The van der Waals surface area contributed by atoms with Gasteiger partial charge in [0, 0.05) is 39.9 Å². The predicted molar refractivity (Wildman–Crippen MR) is 114 cm³/mol. The van der Waals surface area contributed by atoms with Gasteiger partial charge in [-0.1, -0.05) is 17.8 Å². The average molecular weight is 416 g/mol. The fourth-order valence-corrected chi connectivity index (χ4v) is 6.10. The molecule has 2 atom stereocenters. The van der Waals surface area contributed by atoms with E-state index in [2.05, 4.69) is 22.5 Å². The molecule has 3 aliphatic heterocycles. The first-order valence-electron chi connectivity index (χ1n) is 9.68. The number of benzene rings is 1. The highest BCUT2D eigenvalue weighted by Crippen LogP contribution is 2.34. The number of hydrogen-bond donors (Lipinski definition) is 2. The van der Waals surface area contributed by atoms with Crippen LogP contribution in [-0.2, 0) is 4.79 Å². The number of nitrogens with zero attached hydrogens (tertiary/aromatic N) is 1. The lowest BCUT2D eigenvalue weighted by molar-refractivity contribution is -0.114. The second kappa shape index (κ2) is 8.27. The number of thiophene rings is 1. The van der Waals surface area contributed by atoms with Gasteiger partial charge in [0.15, 0.2) is 0 Å². The Labute approximate surface area is 173 Å². The third kappa shape index (κ3) is 4.26. The number of rotatable bonds is 5. The first kappa shape index (κ1) is 19.5. The molecule has 0 spiro atoms. The van der Waals surface area contributed by atoms with Crippen molar-refractivity contribution >= 4 is 40.6 Å². The molecule has 7 heteroatoms. The summed E-state index contributed by atoms with van der Waals surface area (Å²) in [6, 6.07) is 10.4. The topological polar surface area (TPSA) is 61.4 Å². The molecule has 1 aromatic heterocycles. The summed E-state index contributed by atoms with van der Waals surface area (Å²) in [6.45, 7) is 6.05. The van der Waals surface area contributed by atoms with Crippen molar-refractivity contribution in [1.29, 1.82) is 0 Å². The molecular formula is C21H25N3O2S2. The van der Waals surface area contributed by atoms with E-state index in [-0.39, 0.29) is 17.9 Å². The minimum atomic E-state index is -0.0846. The van der Waals surface area contributed by atoms with Gasteiger partial charge in [-0.2, -0.15) is 0 Å². The van der Waals surface area contributed by atoms with Gasteiger partial charge in [0.05, 0.1) is 4.88 Å². The van der Waals surface area contributed by atoms with Gasteiger partial charge in [-0.15, -0.1) is 11.3 Å². The number of nitrogens with one attached hydrogen (secondary N) is 2. The fourth-order valence-electron chi connectivity index (χ4n) is 4.24. The average Bonchev–Trinajstić information content (AvgIpc) is 3.13. The zero-order valence-electron chi connectivity index (χ0n) is 16.1. The number of carbonyl (C=O) groups excluding carboxylic acids is 2. The smallest absolute Gasteiger partial charge is 0.261 e. The summed E-state index contributed by atoms with van der Waals surface area (Å²) in [7, 11) is 0. The Morgan fingerprint density at radius 2 is 1.96 bits per heavy atom. The summed E-state index contributed by atoms with van der Waals surface area (Å²) in [6.07, 6.45) is 2.37. The Kier molecular flexibility index (Phi) is 5.75. The highest BCUT2D eigenvalue weighted by molar-refractivity contribution is 7.99. The van der Waals surface area contributed by atoms with Crippen LogP contribution in [0.1, 0.15) is 36.4 Å². The molecule has 1 aromatic carbocycles. The molecule has 28 heavy (non-hydrogen) atoms. The van der Waals surface area contributed by atoms with Crippen LogP contribution in [0.3, 0.4) is 0 Å². The number of fused-ring (bicyclic) bond motifs is 3. The van der Waals surface area contributed by atoms with E-state index in [1.807, 2.05) is 35.7 Å². The van der Waals surface area contributed by atoms with E-state index in [0.717, 1.165) is 33.4 Å². The van der Waals surface area contributed by atoms with Crippen LogP contribution in [0.2, 0.25) is 0 Å². The molecule has 3 fully saturated rings. The molecule has 2 N–H and O–H groups in total. The summed E-state index contributed by atoms with van der Waals surface area (Å²) >= 11 is 3.08. The monoisotopic (exact) mass is 415 g/mol. The highest BCUT2D eigenvalue weighted by atomic mass is 32.2. The Balaban J connectivity index is 1.40. The molecule has 5 nitrogen and oxygen atoms in total. The molecule has 148 valence electrons. The van der Waals surface area contributed by atoms with Crippen molar-refractivity contribution in [3.05, 3.63) is 40.6 Å². The van der Waals surface area contributed by atoms with Crippen LogP contribution in [0.4, 0.5) is 5.69 Å². The molecule has 4 heterocycles. The van der Waals surface area contributed by atoms with Crippen molar-refractivity contribution in [2.24, 2.45) is 5.92 Å². The summed E-state index contributed by atoms with van der Waals surface area (Å²) in [4.78, 5) is 29.3. The molecular weight excluding hydrogens is 390 g/mol. The normalized spacial score (nSPS) is 26.1. The van der Waals surface area contributed by atoms with Crippen LogP contribution in [0.5, 0.6) is 0 Å². The van der Waals surface area contributed by atoms with E-state index < -0.39 is 0 Å². The largest absolute Gasteiger partial charge is 0.347 e. The molecule has 0 radical (unpaired) electrons. The molecule has 3 aliphatic rings. The second-order valence-electron chi connectivity index (χ2n) is 7.57. The maximum Gasteiger partial charge on any atom is 0.261 e. The van der Waals surface area contributed by atoms with Gasteiger partial charge >= 0.3 is 0 Å². The second-order valence-corrected chi connectivity index (χ2v) is 9.63. The van der Waals surface area contributed by atoms with E-state index in [4.69, 9.17) is 0 Å². The molecule has 0 unspecified atom stereocenters. The van der Waals surface area contributed by atoms with Crippen LogP contribution >= 0.6 is 23.1 Å². The first-order valence-corrected chi connectivity index (χ1v) is 11.4. The molecule has 2 bridgehead atoms. The zero-order chi connectivity index (χ0) is 19.7. The molecule has 0 saturated carbocycles. The lowest BCUT2D eigenvalue weighted by Crippen LogP contribution is -2.62. The predicted octanol–water partition coefficient (Wildman–Crippen LogP) is 4.07. The SMILES string of the molecule is CC(=O)Nc1cccc(Sc2csc(C(=O)N[C@@H]3C4CCN(CC4)[C@@H]3C)c2)c1. The van der Waals surface area contributed by atoms with E-state index >= 15 is 0 Å². The van der Waals surface area contributed by atoms with E-state index in [9.17, 15) is 9.59 Å². The molecule has 2 aromatic rings. The number of carbonyl (C=O) groups is 2. The third-order valence-corrected chi connectivity index (χ3v) is 7.70. The minimum absolute atomic E-state index is 0.0365. The van der Waals surface area contributed by atoms with Gasteiger partial charge in [-0.05, 0) is 63.0 Å². The van der Waals surface area contributed by atoms with Gasteiger partial charge in [0.2, 0.25) is 5.91 Å². The van der Waals surface area contributed by atoms with Crippen LogP contribution in [0.25, 0.3) is 0 Å². The van der Waals surface area contributed by atoms with Crippen LogP contribution in [-0.4, -0.2) is 41.9 Å². The Morgan fingerprint density at radius 1 is 1.18 bits per heavy atom. The van der Waals surface area contributed by atoms with Crippen LogP contribution in [0.15, 0.2) is 45.5 Å². The van der Waals surface area contributed by atoms with Gasteiger partial charge in [0.1, 0.15) is 0 Å². The molecule has 3 saturated heterocycles. The summed E-state index contributed by atoms with van der Waals surface area (Å²) < 4.78 is 0. The minimum Gasteiger partial charge on any atom is -0.347 e. The fraction of sp³-hybridized carbons (Fsp3) is 0.429. The van der Waals surface area contributed by atoms with Crippen molar-refractivity contribution in [3.63, 3.8) is 0 Å². The van der Waals surface area contributed by atoms with Crippen molar-refractivity contribution in [1.82, 2.24) is 10.2 Å². The van der Waals surface area contributed by atoms with E-state index in [1.165, 1.54) is 31.1 Å². The van der Waals surface area contributed by atoms with Crippen LogP contribution in [0, 0.1) is 5.92 Å². The Hall–Kier alpha value is -1.83. The maximum absolute atomic E-state index is 12.8.